The standard InChI is InChI=1S/C20H31N3O4/c1-19(25)6-11-27-20(18(19)24)4-7-23(8-5-20)17-3-2-16(14-21-17)15-22-9-12-26-13-10-22/h2-3,14,18,24-25H,4-13,15H2,1H3/t18-,19+/m0/s1. The summed E-state index contributed by atoms with van der Waals surface area (Å²) in [4.78, 5) is 9.29. The van der Waals surface area contributed by atoms with Gasteiger partial charge in [0.25, 0.3) is 0 Å². The Morgan fingerprint density at radius 2 is 1.85 bits per heavy atom. The van der Waals surface area contributed by atoms with Crippen LogP contribution in [0.3, 0.4) is 0 Å². The summed E-state index contributed by atoms with van der Waals surface area (Å²) in [5.74, 6) is 0.965. The van der Waals surface area contributed by atoms with Crippen molar-refractivity contribution in [1.29, 1.82) is 0 Å². The van der Waals surface area contributed by atoms with E-state index in [2.05, 4.69) is 26.9 Å². The van der Waals surface area contributed by atoms with Gasteiger partial charge < -0.3 is 24.6 Å². The van der Waals surface area contributed by atoms with E-state index in [9.17, 15) is 10.2 Å². The van der Waals surface area contributed by atoms with Crippen LogP contribution in [0.2, 0.25) is 0 Å². The van der Waals surface area contributed by atoms with Gasteiger partial charge in [-0.25, -0.2) is 4.98 Å². The highest BCUT2D eigenvalue weighted by Crippen LogP contribution is 2.40. The molecule has 0 unspecified atom stereocenters. The molecule has 0 bridgehead atoms. The summed E-state index contributed by atoms with van der Waals surface area (Å²) in [7, 11) is 0. The Bertz CT molecular complexity index is 623. The van der Waals surface area contributed by atoms with Crippen LogP contribution in [-0.4, -0.2) is 83.4 Å². The Hall–Kier alpha value is -1.25. The molecule has 4 rings (SSSR count). The zero-order valence-corrected chi connectivity index (χ0v) is 16.1. The molecule has 7 heteroatoms. The highest BCUT2D eigenvalue weighted by Gasteiger charge is 2.52. The number of morpholine rings is 1. The van der Waals surface area contributed by atoms with Crippen molar-refractivity contribution in [3.8, 4) is 0 Å². The van der Waals surface area contributed by atoms with E-state index in [1.54, 1.807) is 6.92 Å². The number of nitrogens with zero attached hydrogens (tertiary/aromatic N) is 3. The fourth-order valence-electron chi connectivity index (χ4n) is 4.49. The number of aliphatic hydroxyl groups is 2. The molecule has 0 aliphatic carbocycles. The first-order valence-corrected chi connectivity index (χ1v) is 10.0. The van der Waals surface area contributed by atoms with Gasteiger partial charge in [-0.15, -0.1) is 0 Å². The largest absolute Gasteiger partial charge is 0.387 e. The minimum atomic E-state index is -1.07. The van der Waals surface area contributed by atoms with E-state index in [-0.39, 0.29) is 0 Å². The molecular formula is C20H31N3O4. The van der Waals surface area contributed by atoms with Gasteiger partial charge in [-0.1, -0.05) is 6.07 Å². The number of aliphatic hydroxyl groups excluding tert-OH is 1. The molecule has 2 N–H and O–H groups in total. The van der Waals surface area contributed by atoms with Crippen molar-refractivity contribution in [2.45, 2.75) is 50.0 Å². The number of aromatic nitrogens is 1. The van der Waals surface area contributed by atoms with Crippen LogP contribution in [0.1, 0.15) is 31.7 Å². The molecule has 2 atom stereocenters. The monoisotopic (exact) mass is 377 g/mol. The van der Waals surface area contributed by atoms with Crippen molar-refractivity contribution < 1.29 is 19.7 Å². The molecule has 4 heterocycles. The topological polar surface area (TPSA) is 78.3 Å². The molecule has 1 aromatic heterocycles. The van der Waals surface area contributed by atoms with Gasteiger partial charge in [0, 0.05) is 45.3 Å². The zero-order chi connectivity index (χ0) is 18.9. The summed E-state index contributed by atoms with van der Waals surface area (Å²) in [6.45, 7) is 8.22. The molecule has 0 saturated carbocycles. The van der Waals surface area contributed by atoms with Gasteiger partial charge in [0.1, 0.15) is 17.5 Å². The lowest BCUT2D eigenvalue weighted by Gasteiger charge is -2.51. The van der Waals surface area contributed by atoms with Gasteiger partial charge in [-0.05, 0) is 31.4 Å². The third kappa shape index (κ3) is 3.98. The first-order valence-electron chi connectivity index (χ1n) is 10.0. The molecule has 150 valence electrons. The Balaban J connectivity index is 1.35. The molecule has 27 heavy (non-hydrogen) atoms. The van der Waals surface area contributed by atoms with E-state index in [1.165, 1.54) is 5.56 Å². The van der Waals surface area contributed by atoms with Gasteiger partial charge >= 0.3 is 0 Å². The SMILES string of the molecule is C[C@@]1(O)CCOC2(CCN(c3ccc(CN4CCOCC4)cn3)CC2)[C@H]1O. The van der Waals surface area contributed by atoms with Crippen molar-refractivity contribution in [3.05, 3.63) is 23.9 Å². The molecule has 1 spiro atoms. The van der Waals surface area contributed by atoms with E-state index in [4.69, 9.17) is 9.47 Å². The lowest BCUT2D eigenvalue weighted by atomic mass is 9.75. The molecule has 3 aliphatic rings. The Morgan fingerprint density at radius 1 is 1.11 bits per heavy atom. The lowest BCUT2D eigenvalue weighted by Crippen LogP contribution is -2.64. The van der Waals surface area contributed by atoms with Crippen LogP contribution in [0, 0.1) is 0 Å². The quantitative estimate of drug-likeness (QED) is 0.806. The average molecular weight is 377 g/mol. The Morgan fingerprint density at radius 3 is 2.52 bits per heavy atom. The van der Waals surface area contributed by atoms with Gasteiger partial charge in [-0.2, -0.15) is 0 Å². The maximum absolute atomic E-state index is 10.6. The fourth-order valence-corrected chi connectivity index (χ4v) is 4.49. The van der Waals surface area contributed by atoms with Crippen molar-refractivity contribution >= 4 is 5.82 Å². The van der Waals surface area contributed by atoms with Crippen LogP contribution in [0.25, 0.3) is 0 Å². The van der Waals surface area contributed by atoms with Crippen molar-refractivity contribution in [2.24, 2.45) is 0 Å². The van der Waals surface area contributed by atoms with Crippen LogP contribution in [-0.2, 0) is 16.0 Å². The van der Waals surface area contributed by atoms with Gasteiger partial charge in [0.2, 0.25) is 0 Å². The number of rotatable bonds is 3. The zero-order valence-electron chi connectivity index (χ0n) is 16.1. The number of anilines is 1. The first-order chi connectivity index (χ1) is 13.0. The van der Waals surface area contributed by atoms with Crippen molar-refractivity contribution in [2.75, 3.05) is 50.9 Å². The van der Waals surface area contributed by atoms with Crippen LogP contribution in [0.4, 0.5) is 5.82 Å². The third-order valence-electron chi connectivity index (χ3n) is 6.34. The van der Waals surface area contributed by atoms with Crippen LogP contribution in [0.15, 0.2) is 18.3 Å². The molecule has 0 aromatic carbocycles. The normalized spacial score (nSPS) is 32.0. The Kier molecular flexibility index (Phi) is 5.40. The second kappa shape index (κ2) is 7.64. The molecule has 3 fully saturated rings. The number of hydrogen-bond donors (Lipinski definition) is 2. The predicted molar refractivity (Wildman–Crippen MR) is 102 cm³/mol. The maximum atomic E-state index is 10.6. The molecule has 3 saturated heterocycles. The average Bonchev–Trinajstić information content (AvgIpc) is 2.68. The van der Waals surface area contributed by atoms with Crippen molar-refractivity contribution in [1.82, 2.24) is 9.88 Å². The highest BCUT2D eigenvalue weighted by atomic mass is 16.5. The van der Waals surface area contributed by atoms with Crippen molar-refractivity contribution in [3.63, 3.8) is 0 Å². The number of hydrogen-bond acceptors (Lipinski definition) is 7. The predicted octanol–water partition coefficient (Wildman–Crippen LogP) is 0.785. The minimum absolute atomic E-state index is 0.478. The summed E-state index contributed by atoms with van der Waals surface area (Å²) in [5, 5.41) is 21.1. The van der Waals surface area contributed by atoms with Gasteiger partial charge in [-0.3, -0.25) is 4.90 Å². The van der Waals surface area contributed by atoms with E-state index >= 15 is 0 Å². The third-order valence-corrected chi connectivity index (χ3v) is 6.34. The highest BCUT2D eigenvalue weighted by molar-refractivity contribution is 5.40. The first kappa shape index (κ1) is 19.1. The number of pyridine rings is 1. The van der Waals surface area contributed by atoms with Crippen LogP contribution >= 0.6 is 0 Å². The van der Waals surface area contributed by atoms with E-state index in [0.717, 1.165) is 51.8 Å². The minimum Gasteiger partial charge on any atom is -0.387 e. The molecule has 0 amide bonds. The van der Waals surface area contributed by atoms with Crippen LogP contribution < -0.4 is 4.90 Å². The van der Waals surface area contributed by atoms with E-state index < -0.39 is 17.3 Å². The number of piperidine rings is 1. The fraction of sp³-hybridized carbons (Fsp3) is 0.750. The summed E-state index contributed by atoms with van der Waals surface area (Å²) >= 11 is 0. The van der Waals surface area contributed by atoms with E-state index in [0.29, 0.717) is 25.9 Å². The Labute approximate surface area is 160 Å². The molecule has 7 nitrogen and oxygen atoms in total. The lowest BCUT2D eigenvalue weighted by molar-refractivity contribution is -0.239. The number of ether oxygens (including phenoxy) is 2. The molecule has 3 aliphatic heterocycles. The van der Waals surface area contributed by atoms with E-state index in [1.807, 2.05) is 6.20 Å². The van der Waals surface area contributed by atoms with Gasteiger partial charge in [0.05, 0.1) is 25.4 Å². The second-order valence-corrected chi connectivity index (χ2v) is 8.32. The maximum Gasteiger partial charge on any atom is 0.128 e. The summed E-state index contributed by atoms with van der Waals surface area (Å²) in [5.41, 5.74) is -0.481. The molecule has 0 radical (unpaired) electrons. The summed E-state index contributed by atoms with van der Waals surface area (Å²) in [6.07, 6.45) is 2.99. The summed E-state index contributed by atoms with van der Waals surface area (Å²) in [6, 6.07) is 4.24. The molecule has 1 aromatic rings. The van der Waals surface area contributed by atoms with Crippen LogP contribution in [0.5, 0.6) is 0 Å². The second-order valence-electron chi connectivity index (χ2n) is 8.32. The smallest absolute Gasteiger partial charge is 0.128 e. The summed E-state index contributed by atoms with van der Waals surface area (Å²) < 4.78 is 11.4. The molecular weight excluding hydrogens is 346 g/mol. The van der Waals surface area contributed by atoms with Gasteiger partial charge in [0.15, 0.2) is 0 Å².